The molecule has 0 aliphatic heterocycles. The van der Waals surface area contributed by atoms with Crippen LogP contribution in [-0.2, 0) is 11.2 Å². The zero-order valence-corrected chi connectivity index (χ0v) is 19.1. The van der Waals surface area contributed by atoms with Crippen LogP contribution in [0.25, 0.3) is 0 Å². The number of carbonyl (C=O) groups is 1. The minimum Gasteiger partial charge on any atom is -0.359 e. The van der Waals surface area contributed by atoms with Crippen molar-refractivity contribution < 1.29 is 4.79 Å². The molecule has 2 aromatic rings. The van der Waals surface area contributed by atoms with E-state index >= 15 is 0 Å². The number of rotatable bonds is 8. The summed E-state index contributed by atoms with van der Waals surface area (Å²) in [5.41, 5.74) is 6.13. The van der Waals surface area contributed by atoms with E-state index in [0.717, 1.165) is 29.9 Å². The molecule has 0 radical (unpaired) electrons. The van der Waals surface area contributed by atoms with Crippen molar-refractivity contribution in [1.29, 1.82) is 0 Å². The maximum atomic E-state index is 12.1. The largest absolute Gasteiger partial charge is 0.359 e. The van der Waals surface area contributed by atoms with Gasteiger partial charge >= 0.3 is 0 Å². The summed E-state index contributed by atoms with van der Waals surface area (Å²) in [6, 6.07) is 16.7. The first-order valence-electron chi connectivity index (χ1n) is 11.0. The number of hydrogen-bond donors (Lipinski definition) is 2. The Morgan fingerprint density at radius 3 is 1.87 bits per heavy atom. The van der Waals surface area contributed by atoms with E-state index in [1.807, 2.05) is 12.1 Å². The van der Waals surface area contributed by atoms with Crippen LogP contribution in [0, 0.1) is 16.7 Å². The van der Waals surface area contributed by atoms with Crippen LogP contribution in [0.2, 0.25) is 0 Å². The molecule has 0 bridgehead atoms. The van der Waals surface area contributed by atoms with Gasteiger partial charge in [-0.3, -0.25) is 4.79 Å². The lowest BCUT2D eigenvalue weighted by Gasteiger charge is -2.17. The van der Waals surface area contributed by atoms with Crippen LogP contribution in [0.3, 0.4) is 0 Å². The van der Waals surface area contributed by atoms with Crippen LogP contribution >= 0.6 is 0 Å². The summed E-state index contributed by atoms with van der Waals surface area (Å²) in [7, 11) is 0. The van der Waals surface area contributed by atoms with Crippen molar-refractivity contribution in [2.45, 2.75) is 60.3 Å². The first-order valence-corrected chi connectivity index (χ1v) is 11.0. The summed E-state index contributed by atoms with van der Waals surface area (Å²) in [6.45, 7) is 15.2. The fourth-order valence-electron chi connectivity index (χ4n) is 3.69. The molecular weight excluding hydrogens is 368 g/mol. The normalized spacial score (nSPS) is 17.3. The summed E-state index contributed by atoms with van der Waals surface area (Å²) >= 11 is 0. The van der Waals surface area contributed by atoms with Gasteiger partial charge in [0.15, 0.2) is 0 Å². The predicted molar refractivity (Wildman–Crippen MR) is 128 cm³/mol. The smallest absolute Gasteiger partial charge is 0.224 e. The third kappa shape index (κ3) is 6.48. The van der Waals surface area contributed by atoms with Crippen LogP contribution in [0.1, 0.15) is 65.0 Å². The minimum absolute atomic E-state index is 0.0805. The Morgan fingerprint density at radius 2 is 1.43 bits per heavy atom. The monoisotopic (exact) mass is 404 g/mol. The van der Waals surface area contributed by atoms with Gasteiger partial charge in [0.1, 0.15) is 0 Å². The third-order valence-electron chi connectivity index (χ3n) is 5.94. The minimum atomic E-state index is 0.0805. The standard InChI is InChI=1S/C27H36N2O/c1-19(24-18-27(24,5)6)28-22-11-7-20(8-12-22)17-21-9-13-23(14-10-21)29-25(30)15-16-26(2,3)4/h7-14,24,28H,1,15-18H2,2-6H3,(H,29,30). The van der Waals surface area contributed by atoms with E-state index < -0.39 is 0 Å². The van der Waals surface area contributed by atoms with Crippen molar-refractivity contribution in [3.05, 3.63) is 71.9 Å². The van der Waals surface area contributed by atoms with Gasteiger partial charge in [0, 0.05) is 29.4 Å². The molecule has 1 fully saturated rings. The van der Waals surface area contributed by atoms with Gasteiger partial charge in [-0.25, -0.2) is 0 Å². The molecule has 0 heterocycles. The van der Waals surface area contributed by atoms with E-state index in [1.165, 1.54) is 17.5 Å². The summed E-state index contributed by atoms with van der Waals surface area (Å²) in [5.74, 6) is 0.654. The molecule has 2 N–H and O–H groups in total. The highest BCUT2D eigenvalue weighted by Crippen LogP contribution is 2.55. The third-order valence-corrected chi connectivity index (χ3v) is 5.94. The summed E-state index contributed by atoms with van der Waals surface area (Å²) in [5, 5.41) is 6.46. The highest BCUT2D eigenvalue weighted by atomic mass is 16.1. The number of amides is 1. The molecule has 3 rings (SSSR count). The van der Waals surface area contributed by atoms with Crippen molar-refractivity contribution in [3.63, 3.8) is 0 Å². The Hall–Kier alpha value is -2.55. The molecule has 1 aliphatic rings. The zero-order valence-electron chi connectivity index (χ0n) is 19.1. The van der Waals surface area contributed by atoms with Crippen molar-refractivity contribution in [2.24, 2.45) is 16.7 Å². The second-order valence-corrected chi connectivity index (χ2v) is 10.6. The van der Waals surface area contributed by atoms with E-state index in [2.05, 4.69) is 88.2 Å². The highest BCUT2D eigenvalue weighted by molar-refractivity contribution is 5.90. The van der Waals surface area contributed by atoms with Crippen LogP contribution in [0.5, 0.6) is 0 Å². The Bertz CT molecular complexity index is 886. The first-order chi connectivity index (χ1) is 14.0. The maximum absolute atomic E-state index is 12.1. The van der Waals surface area contributed by atoms with E-state index in [0.29, 0.717) is 17.8 Å². The lowest BCUT2D eigenvalue weighted by Crippen LogP contribution is -2.15. The molecule has 0 spiro atoms. The van der Waals surface area contributed by atoms with Gasteiger partial charge in [-0.2, -0.15) is 0 Å². The average molecular weight is 405 g/mol. The van der Waals surface area contributed by atoms with Crippen LogP contribution in [0.4, 0.5) is 11.4 Å². The van der Waals surface area contributed by atoms with Crippen molar-refractivity contribution in [2.75, 3.05) is 10.6 Å². The number of nitrogens with one attached hydrogen (secondary N) is 2. The summed E-state index contributed by atoms with van der Waals surface area (Å²) in [6.07, 6.45) is 3.52. The lowest BCUT2D eigenvalue weighted by molar-refractivity contribution is -0.116. The zero-order chi connectivity index (χ0) is 21.9. The summed E-state index contributed by atoms with van der Waals surface area (Å²) in [4.78, 5) is 12.1. The molecule has 1 unspecified atom stereocenters. The fraction of sp³-hybridized carbons (Fsp3) is 0.444. The van der Waals surface area contributed by atoms with E-state index in [4.69, 9.17) is 0 Å². The van der Waals surface area contributed by atoms with Gasteiger partial charge in [0.2, 0.25) is 5.91 Å². The molecular formula is C27H36N2O. The van der Waals surface area contributed by atoms with Gasteiger partial charge in [-0.15, -0.1) is 0 Å². The molecule has 0 saturated heterocycles. The quantitative estimate of drug-likeness (QED) is 0.496. The molecule has 3 heteroatoms. The molecule has 2 aromatic carbocycles. The first kappa shape index (κ1) is 22.1. The Kier molecular flexibility index (Phi) is 6.40. The van der Waals surface area contributed by atoms with Crippen LogP contribution in [-0.4, -0.2) is 5.91 Å². The molecule has 0 aromatic heterocycles. The molecule has 1 atom stereocenters. The molecule has 160 valence electrons. The topological polar surface area (TPSA) is 41.1 Å². The van der Waals surface area contributed by atoms with Gasteiger partial charge in [0.25, 0.3) is 0 Å². The highest BCUT2D eigenvalue weighted by Gasteiger charge is 2.47. The van der Waals surface area contributed by atoms with Crippen LogP contribution in [0.15, 0.2) is 60.8 Å². The molecule has 1 amide bonds. The number of anilines is 2. The summed E-state index contributed by atoms with van der Waals surface area (Å²) < 4.78 is 0. The second-order valence-electron chi connectivity index (χ2n) is 10.6. The van der Waals surface area contributed by atoms with E-state index in [-0.39, 0.29) is 11.3 Å². The van der Waals surface area contributed by atoms with E-state index in [9.17, 15) is 4.79 Å². The number of hydrogen-bond acceptors (Lipinski definition) is 2. The van der Waals surface area contributed by atoms with Crippen LogP contribution < -0.4 is 10.6 Å². The van der Waals surface area contributed by atoms with Gasteiger partial charge in [-0.1, -0.05) is 65.5 Å². The van der Waals surface area contributed by atoms with Gasteiger partial charge in [0.05, 0.1) is 0 Å². The van der Waals surface area contributed by atoms with Crippen molar-refractivity contribution in [1.82, 2.24) is 0 Å². The SMILES string of the molecule is C=C(Nc1ccc(Cc2ccc(NC(=O)CCC(C)(C)C)cc2)cc1)C1CC1(C)C. The maximum Gasteiger partial charge on any atom is 0.224 e. The molecule has 30 heavy (non-hydrogen) atoms. The van der Waals surface area contributed by atoms with E-state index in [1.54, 1.807) is 0 Å². The van der Waals surface area contributed by atoms with Crippen molar-refractivity contribution >= 4 is 17.3 Å². The Labute approximate surface area is 182 Å². The van der Waals surface area contributed by atoms with Gasteiger partial charge < -0.3 is 10.6 Å². The Balaban J connectivity index is 1.49. The number of carbonyl (C=O) groups excluding carboxylic acids is 1. The predicted octanol–water partition coefficient (Wildman–Crippen LogP) is 7.01. The molecule has 1 saturated carbocycles. The lowest BCUT2D eigenvalue weighted by atomic mass is 9.90. The second kappa shape index (κ2) is 8.67. The number of allylic oxidation sites excluding steroid dienone is 1. The number of benzene rings is 2. The van der Waals surface area contributed by atoms with Crippen molar-refractivity contribution in [3.8, 4) is 0 Å². The molecule has 3 nitrogen and oxygen atoms in total. The molecule has 1 aliphatic carbocycles. The average Bonchev–Trinajstić information content (AvgIpc) is 3.31. The fourth-order valence-corrected chi connectivity index (χ4v) is 3.69. The Morgan fingerprint density at radius 1 is 0.967 bits per heavy atom. The van der Waals surface area contributed by atoms with Gasteiger partial charge in [-0.05, 0) is 65.5 Å².